The molecule has 0 fully saturated rings. The van der Waals surface area contributed by atoms with Gasteiger partial charge in [0.15, 0.2) is 0 Å². The van der Waals surface area contributed by atoms with Crippen molar-refractivity contribution in [2.45, 2.75) is 0 Å². The van der Waals surface area contributed by atoms with E-state index in [9.17, 15) is 9.18 Å². The second-order valence-electron chi connectivity index (χ2n) is 5.96. The molecule has 2 aromatic heterocycles. The molecule has 1 amide bonds. The molecule has 0 bridgehead atoms. The molecule has 0 aliphatic carbocycles. The number of nitrogens with one attached hydrogen (secondary N) is 1. The third kappa shape index (κ3) is 3.25. The van der Waals surface area contributed by atoms with Gasteiger partial charge < -0.3 is 14.5 Å². The highest BCUT2D eigenvalue weighted by atomic mass is 19.1. The van der Waals surface area contributed by atoms with Crippen LogP contribution in [-0.4, -0.2) is 22.4 Å². The highest BCUT2D eigenvalue weighted by molar-refractivity contribution is 6.05. The summed E-state index contributed by atoms with van der Waals surface area (Å²) in [4.78, 5) is 16.9. The molecule has 6 heteroatoms. The molecule has 0 saturated carbocycles. The molecule has 0 spiro atoms. The molecule has 5 nitrogen and oxygen atoms in total. The summed E-state index contributed by atoms with van der Waals surface area (Å²) in [6.07, 6.45) is 5.17. The van der Waals surface area contributed by atoms with Gasteiger partial charge in [-0.3, -0.25) is 4.79 Å². The Labute approximate surface area is 155 Å². The lowest BCUT2D eigenvalue weighted by Crippen LogP contribution is -2.13. The zero-order valence-corrected chi connectivity index (χ0v) is 14.5. The van der Waals surface area contributed by atoms with Gasteiger partial charge in [0.25, 0.3) is 5.91 Å². The standard InChI is InChI=1S/C21H16FN3O2/c1-27-20-17(14-5-8-16(22)9-6-14)3-2-4-18(20)24-21(26)15-7-10-19-23-11-12-25(19)13-15/h2-13H,1H3,(H,24,26). The van der Waals surface area contributed by atoms with Gasteiger partial charge >= 0.3 is 0 Å². The number of anilines is 1. The van der Waals surface area contributed by atoms with Gasteiger partial charge in [-0.05, 0) is 35.9 Å². The smallest absolute Gasteiger partial charge is 0.257 e. The van der Waals surface area contributed by atoms with Gasteiger partial charge in [0, 0.05) is 24.2 Å². The number of fused-ring (bicyclic) bond motifs is 1. The summed E-state index contributed by atoms with van der Waals surface area (Å²) in [5.41, 5.74) is 3.36. The van der Waals surface area contributed by atoms with E-state index in [0.29, 0.717) is 17.0 Å². The fraction of sp³-hybridized carbons (Fsp3) is 0.0476. The van der Waals surface area contributed by atoms with Crippen molar-refractivity contribution in [2.75, 3.05) is 12.4 Å². The van der Waals surface area contributed by atoms with Crippen molar-refractivity contribution < 1.29 is 13.9 Å². The Hall–Kier alpha value is -3.67. The van der Waals surface area contributed by atoms with Crippen LogP contribution in [-0.2, 0) is 0 Å². The van der Waals surface area contributed by atoms with E-state index < -0.39 is 0 Å². The summed E-state index contributed by atoms with van der Waals surface area (Å²) >= 11 is 0. The molecule has 0 aliphatic heterocycles. The summed E-state index contributed by atoms with van der Waals surface area (Å²) in [6, 6.07) is 15.1. The van der Waals surface area contributed by atoms with Gasteiger partial charge in [-0.2, -0.15) is 0 Å². The van der Waals surface area contributed by atoms with Crippen LogP contribution in [0.5, 0.6) is 5.75 Å². The molecule has 0 saturated heterocycles. The molecule has 0 unspecified atom stereocenters. The third-order valence-electron chi connectivity index (χ3n) is 4.27. The van der Waals surface area contributed by atoms with Crippen LogP contribution in [0, 0.1) is 5.82 Å². The number of carbonyl (C=O) groups excluding carboxylic acids is 1. The molecule has 1 N–H and O–H groups in total. The van der Waals surface area contributed by atoms with Crippen LogP contribution >= 0.6 is 0 Å². The minimum Gasteiger partial charge on any atom is -0.494 e. The second-order valence-corrected chi connectivity index (χ2v) is 5.96. The lowest BCUT2D eigenvalue weighted by molar-refractivity contribution is 0.102. The van der Waals surface area contributed by atoms with Crippen LogP contribution in [0.1, 0.15) is 10.4 Å². The van der Waals surface area contributed by atoms with Gasteiger partial charge in [-0.25, -0.2) is 9.37 Å². The average Bonchev–Trinajstić information content (AvgIpc) is 3.16. The number of para-hydroxylation sites is 1. The predicted molar refractivity (Wildman–Crippen MR) is 102 cm³/mol. The molecule has 134 valence electrons. The molecule has 4 rings (SSSR count). The highest BCUT2D eigenvalue weighted by Gasteiger charge is 2.14. The molecule has 4 aromatic rings. The van der Waals surface area contributed by atoms with Crippen molar-refractivity contribution in [1.82, 2.24) is 9.38 Å². The number of pyridine rings is 1. The molecule has 27 heavy (non-hydrogen) atoms. The largest absolute Gasteiger partial charge is 0.494 e. The topological polar surface area (TPSA) is 55.6 Å². The summed E-state index contributed by atoms with van der Waals surface area (Å²) < 4.78 is 20.5. The molecule has 0 aliphatic rings. The van der Waals surface area contributed by atoms with Crippen molar-refractivity contribution in [1.29, 1.82) is 0 Å². The van der Waals surface area contributed by atoms with Crippen LogP contribution in [0.3, 0.4) is 0 Å². The van der Waals surface area contributed by atoms with E-state index in [4.69, 9.17) is 4.74 Å². The van der Waals surface area contributed by atoms with Crippen LogP contribution in [0.4, 0.5) is 10.1 Å². The predicted octanol–water partition coefficient (Wildman–Crippen LogP) is 4.40. The molecular weight excluding hydrogens is 345 g/mol. The molecule has 2 aromatic carbocycles. The van der Waals surface area contributed by atoms with Gasteiger partial charge in [-0.1, -0.05) is 24.3 Å². The lowest BCUT2D eigenvalue weighted by atomic mass is 10.0. The first kappa shape index (κ1) is 16.8. The Bertz CT molecular complexity index is 1120. The summed E-state index contributed by atoms with van der Waals surface area (Å²) in [5, 5.41) is 2.88. The van der Waals surface area contributed by atoms with E-state index in [1.54, 1.807) is 53.3 Å². The first-order valence-corrected chi connectivity index (χ1v) is 8.33. The van der Waals surface area contributed by atoms with Crippen molar-refractivity contribution in [3.05, 3.63) is 84.6 Å². The SMILES string of the molecule is COc1c(NC(=O)c2ccc3nccn3c2)cccc1-c1ccc(F)cc1. The van der Waals surface area contributed by atoms with E-state index >= 15 is 0 Å². The molecule has 0 atom stereocenters. The maximum absolute atomic E-state index is 13.2. The summed E-state index contributed by atoms with van der Waals surface area (Å²) in [5.74, 6) is -0.0570. The van der Waals surface area contributed by atoms with Gasteiger partial charge in [0.1, 0.15) is 17.2 Å². The quantitative estimate of drug-likeness (QED) is 0.586. The van der Waals surface area contributed by atoms with Crippen molar-refractivity contribution in [3.8, 4) is 16.9 Å². The first-order chi connectivity index (χ1) is 13.2. The number of halogens is 1. The number of benzene rings is 2. The van der Waals surface area contributed by atoms with E-state index in [-0.39, 0.29) is 11.7 Å². The Morgan fingerprint density at radius 3 is 2.70 bits per heavy atom. The number of aromatic nitrogens is 2. The van der Waals surface area contributed by atoms with E-state index in [1.165, 1.54) is 19.2 Å². The molecule has 0 radical (unpaired) electrons. The number of carbonyl (C=O) groups is 1. The highest BCUT2D eigenvalue weighted by Crippen LogP contribution is 2.36. The minimum atomic E-state index is -0.308. The number of hydrogen-bond donors (Lipinski definition) is 1. The fourth-order valence-corrected chi connectivity index (χ4v) is 2.96. The van der Waals surface area contributed by atoms with E-state index in [1.807, 2.05) is 12.1 Å². The maximum Gasteiger partial charge on any atom is 0.257 e. The van der Waals surface area contributed by atoms with Crippen LogP contribution in [0.15, 0.2) is 73.2 Å². The minimum absolute atomic E-state index is 0.264. The zero-order valence-electron chi connectivity index (χ0n) is 14.5. The number of rotatable bonds is 4. The van der Waals surface area contributed by atoms with Crippen LogP contribution < -0.4 is 10.1 Å². The van der Waals surface area contributed by atoms with Crippen LogP contribution in [0.2, 0.25) is 0 Å². The Morgan fingerprint density at radius 2 is 1.93 bits per heavy atom. The maximum atomic E-state index is 13.2. The van der Waals surface area contributed by atoms with Gasteiger partial charge in [-0.15, -0.1) is 0 Å². The fourth-order valence-electron chi connectivity index (χ4n) is 2.96. The van der Waals surface area contributed by atoms with E-state index in [0.717, 1.165) is 16.8 Å². The molecular formula is C21H16FN3O2. The summed E-state index contributed by atoms with van der Waals surface area (Å²) in [6.45, 7) is 0. The van der Waals surface area contributed by atoms with Crippen molar-refractivity contribution in [2.24, 2.45) is 0 Å². The van der Waals surface area contributed by atoms with Crippen LogP contribution in [0.25, 0.3) is 16.8 Å². The Morgan fingerprint density at radius 1 is 1.11 bits per heavy atom. The number of methoxy groups -OCH3 is 1. The Kier molecular flexibility index (Phi) is 4.30. The average molecular weight is 361 g/mol. The van der Waals surface area contributed by atoms with Crippen molar-refractivity contribution >= 4 is 17.2 Å². The third-order valence-corrected chi connectivity index (χ3v) is 4.27. The van der Waals surface area contributed by atoms with Crippen molar-refractivity contribution in [3.63, 3.8) is 0 Å². The normalized spacial score (nSPS) is 10.7. The number of ether oxygens (including phenoxy) is 1. The zero-order chi connectivity index (χ0) is 18.8. The van der Waals surface area contributed by atoms with Gasteiger partial charge in [0.2, 0.25) is 0 Å². The van der Waals surface area contributed by atoms with Gasteiger partial charge in [0.05, 0.1) is 18.4 Å². The second kappa shape index (κ2) is 6.92. The number of imidazole rings is 1. The number of amides is 1. The van der Waals surface area contributed by atoms with E-state index in [2.05, 4.69) is 10.3 Å². The Balaban J connectivity index is 1.67. The number of nitrogens with zero attached hydrogens (tertiary/aromatic N) is 2. The monoisotopic (exact) mass is 361 g/mol. The number of hydrogen-bond acceptors (Lipinski definition) is 3. The molecule has 2 heterocycles. The summed E-state index contributed by atoms with van der Waals surface area (Å²) in [7, 11) is 1.54. The first-order valence-electron chi connectivity index (χ1n) is 8.33. The lowest BCUT2D eigenvalue weighted by Gasteiger charge is -2.15.